The first-order valence-corrected chi connectivity index (χ1v) is 12.6. The Morgan fingerprint density at radius 3 is 2.71 bits per heavy atom. The van der Waals surface area contributed by atoms with E-state index < -0.39 is 6.10 Å². The zero-order valence-corrected chi connectivity index (χ0v) is 20.7. The number of aryl methyl sites for hydroxylation is 2. The van der Waals surface area contributed by atoms with E-state index in [1.807, 2.05) is 26.8 Å². The van der Waals surface area contributed by atoms with Crippen LogP contribution >= 0.6 is 0 Å². The van der Waals surface area contributed by atoms with Crippen molar-refractivity contribution >= 4 is 22.6 Å². The highest BCUT2D eigenvalue weighted by Gasteiger charge is 2.33. The summed E-state index contributed by atoms with van der Waals surface area (Å²) in [5, 5.41) is 14.2. The second-order valence-corrected chi connectivity index (χ2v) is 10.6. The van der Waals surface area contributed by atoms with Crippen molar-refractivity contribution in [3.8, 4) is 0 Å². The molecular formula is C28H36N4O2. The highest BCUT2D eigenvalue weighted by atomic mass is 16.3. The number of hydrogen-bond acceptors (Lipinski definition) is 4. The first kappa shape index (κ1) is 23.1. The molecule has 180 valence electrons. The Morgan fingerprint density at radius 2 is 1.94 bits per heavy atom. The van der Waals surface area contributed by atoms with Gasteiger partial charge < -0.3 is 19.9 Å². The number of benzene rings is 2. The van der Waals surface area contributed by atoms with Gasteiger partial charge in [-0.15, -0.1) is 0 Å². The lowest BCUT2D eigenvalue weighted by atomic mass is 9.98. The van der Waals surface area contributed by atoms with E-state index in [9.17, 15) is 9.90 Å². The maximum atomic E-state index is 12.0. The third-order valence-corrected chi connectivity index (χ3v) is 7.52. The van der Waals surface area contributed by atoms with Crippen molar-refractivity contribution in [1.82, 2.24) is 14.5 Å². The van der Waals surface area contributed by atoms with Crippen LogP contribution in [0.15, 0.2) is 36.4 Å². The van der Waals surface area contributed by atoms with Gasteiger partial charge in [0, 0.05) is 31.2 Å². The van der Waals surface area contributed by atoms with Crippen LogP contribution < -0.4 is 5.32 Å². The Kier molecular flexibility index (Phi) is 6.21. The third kappa shape index (κ3) is 4.49. The molecule has 5 rings (SSSR count). The number of anilines is 1. The molecule has 0 bridgehead atoms. The second kappa shape index (κ2) is 9.16. The molecule has 1 aliphatic carbocycles. The number of imidazole rings is 1. The molecule has 0 unspecified atom stereocenters. The number of fused-ring (bicyclic) bond motifs is 2. The zero-order chi connectivity index (χ0) is 24.0. The minimum absolute atomic E-state index is 0.0245. The molecule has 1 aliphatic heterocycles. The molecule has 1 aromatic heterocycles. The van der Waals surface area contributed by atoms with Gasteiger partial charge in [-0.2, -0.15) is 0 Å². The number of aliphatic hydroxyl groups is 1. The van der Waals surface area contributed by atoms with Crippen molar-refractivity contribution in [2.24, 2.45) is 11.8 Å². The van der Waals surface area contributed by atoms with Crippen LogP contribution in [0.5, 0.6) is 0 Å². The highest BCUT2D eigenvalue weighted by Crippen LogP contribution is 2.33. The van der Waals surface area contributed by atoms with Gasteiger partial charge >= 0.3 is 0 Å². The number of carbonyl (C=O) groups is 1. The molecule has 1 saturated heterocycles. The molecular weight excluding hydrogens is 424 g/mol. The average Bonchev–Trinajstić information content (AvgIpc) is 3.32. The van der Waals surface area contributed by atoms with E-state index in [1.54, 1.807) is 0 Å². The first-order chi connectivity index (χ1) is 16.3. The second-order valence-electron chi connectivity index (χ2n) is 10.6. The van der Waals surface area contributed by atoms with E-state index in [1.165, 1.54) is 16.7 Å². The van der Waals surface area contributed by atoms with E-state index in [0.29, 0.717) is 12.5 Å². The van der Waals surface area contributed by atoms with E-state index in [4.69, 9.17) is 4.98 Å². The van der Waals surface area contributed by atoms with E-state index in [0.717, 1.165) is 54.9 Å². The summed E-state index contributed by atoms with van der Waals surface area (Å²) in [6.07, 6.45) is 2.61. The lowest BCUT2D eigenvalue weighted by molar-refractivity contribution is -0.118. The van der Waals surface area contributed by atoms with Gasteiger partial charge in [-0.1, -0.05) is 26.0 Å². The highest BCUT2D eigenvalue weighted by molar-refractivity contribution is 5.92. The van der Waals surface area contributed by atoms with Crippen LogP contribution in [0.4, 0.5) is 5.69 Å². The van der Waals surface area contributed by atoms with Crippen molar-refractivity contribution in [2.45, 2.75) is 59.1 Å². The molecule has 34 heavy (non-hydrogen) atoms. The van der Waals surface area contributed by atoms with Gasteiger partial charge in [0.1, 0.15) is 5.82 Å². The van der Waals surface area contributed by atoms with Crippen LogP contribution in [0.25, 0.3) is 11.0 Å². The molecule has 2 aliphatic rings. The molecule has 0 saturated carbocycles. The zero-order valence-electron chi connectivity index (χ0n) is 20.7. The summed E-state index contributed by atoms with van der Waals surface area (Å²) < 4.78 is 2.25. The molecule has 1 amide bonds. The number of likely N-dealkylation sites (tertiary alicyclic amines) is 1. The predicted molar refractivity (Wildman–Crippen MR) is 136 cm³/mol. The summed E-state index contributed by atoms with van der Waals surface area (Å²) in [6, 6.07) is 12.8. The van der Waals surface area contributed by atoms with E-state index in [2.05, 4.69) is 52.0 Å². The fraction of sp³-hybridized carbons (Fsp3) is 0.500. The van der Waals surface area contributed by atoms with Crippen LogP contribution in [-0.2, 0) is 17.6 Å². The SMILES string of the molecule is Cc1ccc2c(c1)nc(C)n2[C@@H]1CCN(C[C@@H]2Cc3ccc(NC(=O)C(C)C)cc3C2)C[C@H]1O. The summed E-state index contributed by atoms with van der Waals surface area (Å²) in [7, 11) is 0. The Balaban J connectivity index is 1.22. The molecule has 3 atom stereocenters. The Labute approximate surface area is 202 Å². The Morgan fingerprint density at radius 1 is 1.15 bits per heavy atom. The fourth-order valence-corrected chi connectivity index (χ4v) is 5.77. The van der Waals surface area contributed by atoms with Crippen LogP contribution in [0.2, 0.25) is 0 Å². The Bertz CT molecular complexity index is 1210. The monoisotopic (exact) mass is 460 g/mol. The van der Waals surface area contributed by atoms with E-state index >= 15 is 0 Å². The number of amides is 1. The predicted octanol–water partition coefficient (Wildman–Crippen LogP) is 4.27. The molecule has 0 radical (unpaired) electrons. The normalized spacial score (nSPS) is 22.9. The lowest BCUT2D eigenvalue weighted by Gasteiger charge is -2.38. The number of carbonyl (C=O) groups excluding carboxylic acids is 1. The third-order valence-electron chi connectivity index (χ3n) is 7.52. The van der Waals surface area contributed by atoms with Crippen molar-refractivity contribution in [3.05, 3.63) is 58.9 Å². The van der Waals surface area contributed by atoms with Gasteiger partial charge in [0.05, 0.1) is 23.2 Å². The van der Waals surface area contributed by atoms with Crippen molar-refractivity contribution in [1.29, 1.82) is 0 Å². The smallest absolute Gasteiger partial charge is 0.226 e. The molecule has 2 aromatic carbocycles. The van der Waals surface area contributed by atoms with Crippen molar-refractivity contribution < 1.29 is 9.90 Å². The minimum atomic E-state index is -0.409. The standard InChI is InChI=1S/C28H36N4O2/c1-17(2)28(34)30-23-7-6-21-12-20(13-22(21)14-23)15-31-10-9-26(27(33)16-31)32-19(4)29-24-11-18(3)5-8-25(24)32/h5-8,11,14,17,20,26-27,33H,9-10,12-13,15-16H2,1-4H3,(H,30,34)/t20-,26-,27-/m1/s1. The van der Waals surface area contributed by atoms with Gasteiger partial charge in [0.15, 0.2) is 0 Å². The summed E-state index contributed by atoms with van der Waals surface area (Å²) in [6.45, 7) is 10.6. The van der Waals surface area contributed by atoms with Crippen LogP contribution in [0.1, 0.15) is 48.8 Å². The molecule has 6 nitrogen and oxygen atoms in total. The summed E-state index contributed by atoms with van der Waals surface area (Å²) in [4.78, 5) is 19.2. The molecule has 0 spiro atoms. The maximum Gasteiger partial charge on any atom is 0.226 e. The quantitative estimate of drug-likeness (QED) is 0.597. The van der Waals surface area contributed by atoms with Gasteiger partial charge in [-0.25, -0.2) is 4.98 Å². The number of aromatic nitrogens is 2. The van der Waals surface area contributed by atoms with Crippen molar-refractivity contribution in [2.75, 3.05) is 25.0 Å². The number of β-amino-alcohol motifs (C(OH)–C–C–N with tert-alkyl or cyclic N) is 1. The first-order valence-electron chi connectivity index (χ1n) is 12.6. The van der Waals surface area contributed by atoms with Crippen molar-refractivity contribution in [3.63, 3.8) is 0 Å². The van der Waals surface area contributed by atoms with E-state index in [-0.39, 0.29) is 17.9 Å². The molecule has 2 N–H and O–H groups in total. The maximum absolute atomic E-state index is 12.0. The fourth-order valence-electron chi connectivity index (χ4n) is 5.77. The Hall–Kier alpha value is -2.70. The summed E-state index contributed by atoms with van der Waals surface area (Å²) >= 11 is 0. The van der Waals surface area contributed by atoms with Gasteiger partial charge in [0.25, 0.3) is 0 Å². The number of nitrogens with one attached hydrogen (secondary N) is 1. The van der Waals surface area contributed by atoms with Gasteiger partial charge in [-0.05, 0) is 80.0 Å². The number of hydrogen-bond donors (Lipinski definition) is 2. The number of aliphatic hydroxyl groups excluding tert-OH is 1. The largest absolute Gasteiger partial charge is 0.390 e. The molecule has 2 heterocycles. The number of nitrogens with zero attached hydrogens (tertiary/aromatic N) is 3. The van der Waals surface area contributed by atoms with Gasteiger partial charge in [0.2, 0.25) is 5.91 Å². The summed E-state index contributed by atoms with van der Waals surface area (Å²) in [5.41, 5.74) is 6.97. The number of rotatable bonds is 5. The van der Waals surface area contributed by atoms with Gasteiger partial charge in [-0.3, -0.25) is 4.79 Å². The minimum Gasteiger partial charge on any atom is -0.390 e. The van der Waals surface area contributed by atoms with Crippen LogP contribution in [0.3, 0.4) is 0 Å². The topological polar surface area (TPSA) is 70.4 Å². The van der Waals surface area contributed by atoms with Crippen LogP contribution in [0, 0.1) is 25.7 Å². The summed E-state index contributed by atoms with van der Waals surface area (Å²) in [5.74, 6) is 1.56. The molecule has 1 fully saturated rings. The molecule has 6 heteroatoms. The molecule has 3 aromatic rings. The lowest BCUT2D eigenvalue weighted by Crippen LogP contribution is -2.46. The number of piperidine rings is 1. The average molecular weight is 461 g/mol. The van der Waals surface area contributed by atoms with Crippen LogP contribution in [-0.4, -0.2) is 51.2 Å².